The van der Waals surface area contributed by atoms with Gasteiger partial charge >= 0.3 is 0 Å². The number of nitrogens with two attached hydrogens (primary N) is 1. The maximum absolute atomic E-state index is 6.09. The molecule has 11 heteroatoms. The van der Waals surface area contributed by atoms with E-state index in [1.54, 1.807) is 29.7 Å². The number of nitrogen functional groups attached to an aromatic ring is 1. The standard InChI is InChI=1S/C18H20N8O2S/c19-17-21-12(10-15-23-16(24-26(15)17)14-2-1-7-28-14)13-11-29-18(22-13)20-3-4-25-5-8-27-9-6-25/h1-2,7,10-11H,3-6,8-9H2,(H2,19,21)(H,20,22). The maximum atomic E-state index is 6.09. The molecule has 1 saturated heterocycles. The van der Waals surface area contributed by atoms with Crippen LogP contribution >= 0.6 is 11.3 Å². The Morgan fingerprint density at radius 1 is 1.17 bits per heavy atom. The molecule has 10 nitrogen and oxygen atoms in total. The molecule has 0 amide bonds. The SMILES string of the molecule is Nc1nc(-c2csc(NCCN3CCOCC3)n2)cc2nc(-c3ccco3)nn12. The Labute approximate surface area is 170 Å². The van der Waals surface area contributed by atoms with Crippen LogP contribution in [0.5, 0.6) is 0 Å². The van der Waals surface area contributed by atoms with E-state index in [-0.39, 0.29) is 5.95 Å². The number of furan rings is 1. The largest absolute Gasteiger partial charge is 0.461 e. The van der Waals surface area contributed by atoms with Crippen molar-refractivity contribution in [3.05, 3.63) is 29.8 Å². The van der Waals surface area contributed by atoms with E-state index in [1.165, 1.54) is 4.52 Å². The third kappa shape index (κ3) is 3.79. The fraction of sp³-hybridized carbons (Fsp3) is 0.333. The minimum atomic E-state index is 0.248. The van der Waals surface area contributed by atoms with Crippen LogP contribution in [0.2, 0.25) is 0 Å². The lowest BCUT2D eigenvalue weighted by atomic mass is 10.3. The minimum Gasteiger partial charge on any atom is -0.461 e. The summed E-state index contributed by atoms with van der Waals surface area (Å²) in [6.07, 6.45) is 1.58. The van der Waals surface area contributed by atoms with E-state index in [0.717, 1.165) is 50.2 Å². The maximum Gasteiger partial charge on any atom is 0.223 e. The number of morpholine rings is 1. The number of anilines is 2. The van der Waals surface area contributed by atoms with Crippen LogP contribution in [-0.4, -0.2) is 68.9 Å². The van der Waals surface area contributed by atoms with E-state index in [4.69, 9.17) is 14.9 Å². The smallest absolute Gasteiger partial charge is 0.223 e. The van der Waals surface area contributed by atoms with Gasteiger partial charge in [-0.1, -0.05) is 0 Å². The van der Waals surface area contributed by atoms with Crippen molar-refractivity contribution in [1.82, 2.24) is 29.5 Å². The van der Waals surface area contributed by atoms with Crippen LogP contribution in [0.25, 0.3) is 28.6 Å². The van der Waals surface area contributed by atoms with Crippen molar-refractivity contribution in [2.45, 2.75) is 0 Å². The molecule has 0 unspecified atom stereocenters. The quantitative estimate of drug-likeness (QED) is 0.489. The molecule has 150 valence electrons. The topological polar surface area (TPSA) is 120 Å². The number of nitrogens with one attached hydrogen (secondary N) is 1. The first-order valence-corrected chi connectivity index (χ1v) is 10.2. The van der Waals surface area contributed by atoms with Crippen LogP contribution in [0.3, 0.4) is 0 Å². The molecule has 3 N–H and O–H groups in total. The molecule has 1 aliphatic rings. The number of rotatable bonds is 6. The third-order valence-corrected chi connectivity index (χ3v) is 5.47. The number of thiazole rings is 1. The number of ether oxygens (including phenoxy) is 1. The first kappa shape index (κ1) is 18.0. The zero-order chi connectivity index (χ0) is 19.6. The third-order valence-electron chi connectivity index (χ3n) is 4.67. The molecule has 0 aliphatic carbocycles. The van der Waals surface area contributed by atoms with E-state index in [9.17, 15) is 0 Å². The van der Waals surface area contributed by atoms with E-state index in [1.807, 2.05) is 11.4 Å². The van der Waals surface area contributed by atoms with Crippen LogP contribution in [0.4, 0.5) is 11.1 Å². The van der Waals surface area contributed by atoms with Crippen molar-refractivity contribution in [1.29, 1.82) is 0 Å². The van der Waals surface area contributed by atoms with Crippen LogP contribution < -0.4 is 11.1 Å². The van der Waals surface area contributed by atoms with Crippen molar-refractivity contribution in [2.24, 2.45) is 0 Å². The molecule has 0 bridgehead atoms. The van der Waals surface area contributed by atoms with Crippen LogP contribution in [0.1, 0.15) is 0 Å². The molecule has 1 fully saturated rings. The van der Waals surface area contributed by atoms with Gasteiger partial charge in [0.25, 0.3) is 0 Å². The molecule has 5 rings (SSSR count). The molecule has 5 heterocycles. The Hall–Kier alpha value is -3.02. The lowest BCUT2D eigenvalue weighted by molar-refractivity contribution is 0.0398. The van der Waals surface area contributed by atoms with Gasteiger partial charge in [0.05, 0.1) is 25.2 Å². The molecule has 0 atom stereocenters. The normalized spacial score (nSPS) is 15.2. The van der Waals surface area contributed by atoms with Gasteiger partial charge in [-0.2, -0.15) is 4.52 Å². The molecule has 0 saturated carbocycles. The molecule has 4 aromatic rings. The summed E-state index contributed by atoms with van der Waals surface area (Å²) in [5, 5.41) is 10.5. The van der Waals surface area contributed by atoms with Gasteiger partial charge in [0.1, 0.15) is 5.69 Å². The van der Waals surface area contributed by atoms with Gasteiger partial charge in [-0.25, -0.2) is 15.0 Å². The van der Waals surface area contributed by atoms with Crippen molar-refractivity contribution in [3.63, 3.8) is 0 Å². The fourth-order valence-corrected chi connectivity index (χ4v) is 3.90. The molecular formula is C18H20N8O2S. The van der Waals surface area contributed by atoms with Crippen LogP contribution in [0.15, 0.2) is 34.3 Å². The molecule has 4 aromatic heterocycles. The van der Waals surface area contributed by atoms with Gasteiger partial charge in [0.15, 0.2) is 16.5 Å². The summed E-state index contributed by atoms with van der Waals surface area (Å²) in [7, 11) is 0. The summed E-state index contributed by atoms with van der Waals surface area (Å²) in [6, 6.07) is 5.41. The van der Waals surface area contributed by atoms with Gasteiger partial charge in [0, 0.05) is 37.6 Å². The first-order chi connectivity index (χ1) is 14.3. The zero-order valence-electron chi connectivity index (χ0n) is 15.6. The Morgan fingerprint density at radius 2 is 2.07 bits per heavy atom. The van der Waals surface area contributed by atoms with Gasteiger partial charge in [-0.05, 0) is 12.1 Å². The molecule has 29 heavy (non-hydrogen) atoms. The molecule has 0 spiro atoms. The summed E-state index contributed by atoms with van der Waals surface area (Å²) in [5.74, 6) is 1.29. The zero-order valence-corrected chi connectivity index (χ0v) is 16.4. The highest BCUT2D eigenvalue weighted by molar-refractivity contribution is 7.14. The molecule has 1 aliphatic heterocycles. The second-order valence-electron chi connectivity index (χ2n) is 6.60. The predicted molar refractivity (Wildman–Crippen MR) is 110 cm³/mol. The fourth-order valence-electron chi connectivity index (χ4n) is 3.17. The monoisotopic (exact) mass is 412 g/mol. The Kier molecular flexibility index (Phi) is 4.84. The predicted octanol–water partition coefficient (Wildman–Crippen LogP) is 1.83. The summed E-state index contributed by atoms with van der Waals surface area (Å²) in [6.45, 7) is 5.37. The number of aromatic nitrogens is 5. The Bertz CT molecular complexity index is 1100. The lowest BCUT2D eigenvalue weighted by Crippen LogP contribution is -2.38. The minimum absolute atomic E-state index is 0.248. The number of hydrogen-bond acceptors (Lipinski definition) is 10. The summed E-state index contributed by atoms with van der Waals surface area (Å²) in [5.41, 5.74) is 8.09. The van der Waals surface area contributed by atoms with E-state index < -0.39 is 0 Å². The number of nitrogens with zero attached hydrogens (tertiary/aromatic N) is 6. The average Bonchev–Trinajstić information content (AvgIpc) is 3.49. The Balaban J connectivity index is 1.31. The highest BCUT2D eigenvalue weighted by atomic mass is 32.1. The summed E-state index contributed by atoms with van der Waals surface area (Å²) in [4.78, 5) is 15.9. The van der Waals surface area contributed by atoms with E-state index >= 15 is 0 Å². The highest BCUT2D eigenvalue weighted by Crippen LogP contribution is 2.26. The van der Waals surface area contributed by atoms with Crippen molar-refractivity contribution in [2.75, 3.05) is 50.4 Å². The highest BCUT2D eigenvalue weighted by Gasteiger charge is 2.15. The molecule has 0 aromatic carbocycles. The van der Waals surface area contributed by atoms with Gasteiger partial charge in [-0.15, -0.1) is 16.4 Å². The second kappa shape index (κ2) is 7.78. The number of hydrogen-bond donors (Lipinski definition) is 2. The molecule has 0 radical (unpaired) electrons. The van der Waals surface area contributed by atoms with Crippen LogP contribution in [0, 0.1) is 0 Å². The van der Waals surface area contributed by atoms with Crippen molar-refractivity contribution in [3.8, 4) is 23.0 Å². The number of fused-ring (bicyclic) bond motifs is 1. The Morgan fingerprint density at radius 3 is 2.90 bits per heavy atom. The van der Waals surface area contributed by atoms with Crippen LogP contribution in [-0.2, 0) is 4.74 Å². The van der Waals surface area contributed by atoms with Crippen molar-refractivity contribution >= 4 is 28.1 Å². The first-order valence-electron chi connectivity index (χ1n) is 9.33. The second-order valence-corrected chi connectivity index (χ2v) is 7.46. The summed E-state index contributed by atoms with van der Waals surface area (Å²) >= 11 is 1.54. The lowest BCUT2D eigenvalue weighted by Gasteiger charge is -2.26. The molecular weight excluding hydrogens is 392 g/mol. The van der Waals surface area contributed by atoms with Crippen molar-refractivity contribution < 1.29 is 9.15 Å². The summed E-state index contributed by atoms with van der Waals surface area (Å²) < 4.78 is 12.2. The van der Waals surface area contributed by atoms with Gasteiger partial charge in [-0.3, -0.25) is 4.90 Å². The van der Waals surface area contributed by atoms with Gasteiger partial charge in [0.2, 0.25) is 11.8 Å². The van der Waals surface area contributed by atoms with E-state index in [2.05, 4.69) is 30.3 Å². The van der Waals surface area contributed by atoms with Gasteiger partial charge < -0.3 is 20.2 Å². The van der Waals surface area contributed by atoms with E-state index in [0.29, 0.717) is 22.9 Å². The average molecular weight is 412 g/mol.